The highest BCUT2D eigenvalue weighted by molar-refractivity contribution is 4.86. The summed E-state index contributed by atoms with van der Waals surface area (Å²) in [6.45, 7) is 21.3. The molecule has 3 nitrogen and oxygen atoms in total. The van der Waals surface area contributed by atoms with Crippen molar-refractivity contribution >= 4 is 0 Å². The molecule has 170 valence electrons. The minimum atomic E-state index is 0.704. The van der Waals surface area contributed by atoms with Gasteiger partial charge in [0, 0.05) is 37.3 Å². The normalized spacial score (nSPS) is 33.8. The molecule has 0 amide bonds. The Bertz CT molecular complexity index is 471. The van der Waals surface area contributed by atoms with Crippen molar-refractivity contribution in [1.82, 2.24) is 14.7 Å². The lowest BCUT2D eigenvalue weighted by molar-refractivity contribution is 0.0532. The molecule has 3 saturated heterocycles. The van der Waals surface area contributed by atoms with Crippen LogP contribution < -0.4 is 0 Å². The Kier molecular flexibility index (Phi) is 8.89. The van der Waals surface area contributed by atoms with E-state index in [0.29, 0.717) is 6.04 Å². The van der Waals surface area contributed by atoms with Crippen molar-refractivity contribution in [2.75, 3.05) is 32.7 Å². The van der Waals surface area contributed by atoms with E-state index in [1.165, 1.54) is 84.1 Å². The van der Waals surface area contributed by atoms with E-state index >= 15 is 0 Å². The monoisotopic (exact) mass is 405 g/mol. The van der Waals surface area contributed by atoms with Crippen LogP contribution in [0.1, 0.15) is 92.9 Å². The van der Waals surface area contributed by atoms with E-state index in [4.69, 9.17) is 0 Å². The maximum atomic E-state index is 2.85. The molecular weight excluding hydrogens is 354 g/mol. The average molecular weight is 406 g/mol. The van der Waals surface area contributed by atoms with Crippen LogP contribution >= 0.6 is 0 Å². The fourth-order valence-electron chi connectivity index (χ4n) is 6.55. The Hall–Kier alpha value is -0.120. The van der Waals surface area contributed by atoms with Crippen LogP contribution in [0.3, 0.4) is 0 Å². The Morgan fingerprint density at radius 3 is 2.07 bits per heavy atom. The summed E-state index contributed by atoms with van der Waals surface area (Å²) in [4.78, 5) is 8.38. The molecule has 0 saturated carbocycles. The first-order valence-corrected chi connectivity index (χ1v) is 13.1. The van der Waals surface area contributed by atoms with Crippen LogP contribution in [0.15, 0.2) is 0 Å². The van der Waals surface area contributed by atoms with Gasteiger partial charge in [0.1, 0.15) is 0 Å². The van der Waals surface area contributed by atoms with E-state index in [1.54, 1.807) is 0 Å². The third-order valence-corrected chi connectivity index (χ3v) is 8.66. The van der Waals surface area contributed by atoms with Gasteiger partial charge in [-0.2, -0.15) is 0 Å². The summed E-state index contributed by atoms with van der Waals surface area (Å²) in [5.74, 6) is 2.81. The van der Waals surface area contributed by atoms with E-state index < -0.39 is 0 Å². The molecule has 0 aromatic carbocycles. The zero-order valence-electron chi connectivity index (χ0n) is 20.6. The lowest BCUT2D eigenvalue weighted by atomic mass is 9.82. The second-order valence-corrected chi connectivity index (χ2v) is 11.5. The summed E-state index contributed by atoms with van der Waals surface area (Å²) in [7, 11) is 0. The van der Waals surface area contributed by atoms with Crippen molar-refractivity contribution in [3.63, 3.8) is 0 Å². The third kappa shape index (κ3) is 6.68. The highest BCUT2D eigenvalue weighted by Gasteiger charge is 2.31. The summed E-state index contributed by atoms with van der Waals surface area (Å²) < 4.78 is 0. The first kappa shape index (κ1) is 23.5. The first-order chi connectivity index (χ1) is 13.8. The molecule has 0 bridgehead atoms. The Morgan fingerprint density at radius 2 is 1.38 bits per heavy atom. The van der Waals surface area contributed by atoms with Gasteiger partial charge in [-0.1, -0.05) is 6.92 Å². The standard InChI is InChI=1S/C26H51N3/c1-20(2)29-19-26(10-9-22(29)4)17-25-8-7-13-28(18-25)24(6)16-23(5)27-14-11-21(3)12-15-27/h20-26H,7-19H2,1-6H3. The summed E-state index contributed by atoms with van der Waals surface area (Å²) >= 11 is 0. The van der Waals surface area contributed by atoms with Gasteiger partial charge in [-0.15, -0.1) is 0 Å². The fourth-order valence-corrected chi connectivity index (χ4v) is 6.55. The Balaban J connectivity index is 1.44. The molecule has 0 aromatic rings. The van der Waals surface area contributed by atoms with Crippen molar-refractivity contribution in [3.05, 3.63) is 0 Å². The molecule has 5 unspecified atom stereocenters. The third-order valence-electron chi connectivity index (χ3n) is 8.66. The minimum Gasteiger partial charge on any atom is -0.301 e. The predicted octanol–water partition coefficient (Wildman–Crippen LogP) is 5.50. The van der Waals surface area contributed by atoms with Crippen LogP contribution in [-0.4, -0.2) is 71.6 Å². The topological polar surface area (TPSA) is 9.72 Å². The summed E-state index contributed by atoms with van der Waals surface area (Å²) in [6, 6.07) is 2.98. The lowest BCUT2D eigenvalue weighted by Gasteiger charge is -2.44. The lowest BCUT2D eigenvalue weighted by Crippen LogP contribution is -2.48. The van der Waals surface area contributed by atoms with Crippen LogP contribution in [0.5, 0.6) is 0 Å². The van der Waals surface area contributed by atoms with Gasteiger partial charge >= 0.3 is 0 Å². The molecule has 3 rings (SSSR count). The molecule has 3 heterocycles. The molecule has 3 fully saturated rings. The molecule has 3 aliphatic heterocycles. The van der Waals surface area contributed by atoms with Crippen molar-refractivity contribution in [2.45, 2.75) is 117 Å². The van der Waals surface area contributed by atoms with E-state index in [0.717, 1.165) is 35.9 Å². The van der Waals surface area contributed by atoms with Crippen LogP contribution in [0.25, 0.3) is 0 Å². The van der Waals surface area contributed by atoms with Gasteiger partial charge in [-0.25, -0.2) is 0 Å². The first-order valence-electron chi connectivity index (χ1n) is 13.1. The van der Waals surface area contributed by atoms with Crippen LogP contribution in [0, 0.1) is 17.8 Å². The highest BCUT2D eigenvalue weighted by atomic mass is 15.2. The smallest absolute Gasteiger partial charge is 0.00818 e. The Morgan fingerprint density at radius 1 is 0.724 bits per heavy atom. The predicted molar refractivity (Wildman–Crippen MR) is 126 cm³/mol. The van der Waals surface area contributed by atoms with Crippen LogP contribution in [-0.2, 0) is 0 Å². The van der Waals surface area contributed by atoms with Crippen molar-refractivity contribution < 1.29 is 0 Å². The Labute approximate surface area is 182 Å². The quantitative estimate of drug-likeness (QED) is 0.554. The number of likely N-dealkylation sites (tertiary alicyclic amines) is 3. The van der Waals surface area contributed by atoms with Gasteiger partial charge in [-0.05, 0) is 123 Å². The molecule has 3 aliphatic rings. The van der Waals surface area contributed by atoms with Crippen molar-refractivity contribution in [3.8, 4) is 0 Å². The summed E-state index contributed by atoms with van der Waals surface area (Å²) in [6.07, 6.45) is 11.4. The van der Waals surface area contributed by atoms with Gasteiger partial charge in [-0.3, -0.25) is 4.90 Å². The molecule has 5 atom stereocenters. The van der Waals surface area contributed by atoms with E-state index in [1.807, 2.05) is 0 Å². The second-order valence-electron chi connectivity index (χ2n) is 11.5. The maximum absolute atomic E-state index is 2.85. The molecule has 0 aromatic heterocycles. The van der Waals surface area contributed by atoms with Crippen LogP contribution in [0.4, 0.5) is 0 Å². The maximum Gasteiger partial charge on any atom is 0.00818 e. The van der Waals surface area contributed by atoms with E-state index in [2.05, 4.69) is 56.2 Å². The zero-order chi connectivity index (χ0) is 21.0. The van der Waals surface area contributed by atoms with Crippen molar-refractivity contribution in [1.29, 1.82) is 0 Å². The number of hydrogen-bond donors (Lipinski definition) is 0. The SMILES string of the molecule is CC1CCN(C(C)CC(C)N2CCCC(CC3CCC(C)N(C(C)C)C3)C2)CC1. The minimum absolute atomic E-state index is 0.704. The molecule has 0 spiro atoms. The second kappa shape index (κ2) is 11.0. The molecule has 0 radical (unpaired) electrons. The van der Waals surface area contributed by atoms with Gasteiger partial charge in [0.25, 0.3) is 0 Å². The van der Waals surface area contributed by atoms with Gasteiger partial charge in [0.2, 0.25) is 0 Å². The van der Waals surface area contributed by atoms with E-state index in [-0.39, 0.29) is 0 Å². The van der Waals surface area contributed by atoms with Crippen LogP contribution in [0.2, 0.25) is 0 Å². The van der Waals surface area contributed by atoms with Gasteiger partial charge in [0.15, 0.2) is 0 Å². The van der Waals surface area contributed by atoms with E-state index in [9.17, 15) is 0 Å². The van der Waals surface area contributed by atoms with Gasteiger partial charge < -0.3 is 9.80 Å². The zero-order valence-corrected chi connectivity index (χ0v) is 20.6. The van der Waals surface area contributed by atoms with Crippen molar-refractivity contribution in [2.24, 2.45) is 17.8 Å². The number of nitrogens with zero attached hydrogens (tertiary/aromatic N) is 3. The average Bonchev–Trinajstić information content (AvgIpc) is 2.70. The highest BCUT2D eigenvalue weighted by Crippen LogP contribution is 2.32. The summed E-state index contributed by atoms with van der Waals surface area (Å²) in [5.41, 5.74) is 0. The molecule has 0 N–H and O–H groups in total. The molecular formula is C26H51N3. The number of hydrogen-bond acceptors (Lipinski definition) is 3. The fraction of sp³-hybridized carbons (Fsp3) is 1.00. The molecule has 29 heavy (non-hydrogen) atoms. The molecule has 0 aliphatic carbocycles. The van der Waals surface area contributed by atoms with Gasteiger partial charge in [0.05, 0.1) is 0 Å². The number of piperidine rings is 3. The summed E-state index contributed by atoms with van der Waals surface area (Å²) in [5, 5.41) is 0. The largest absolute Gasteiger partial charge is 0.301 e. The molecule has 3 heteroatoms. The number of rotatable bonds is 7.